The Balaban J connectivity index is 1.42. The third kappa shape index (κ3) is 4.12. The van der Waals surface area contributed by atoms with E-state index in [4.69, 9.17) is 9.47 Å². The Morgan fingerprint density at radius 1 is 1.18 bits per heavy atom. The number of hydrogen-bond acceptors (Lipinski definition) is 4. The minimum Gasteiger partial charge on any atom is -0.486 e. The molecular formula is C22H25FN2O3. The number of halogens is 1. The van der Waals surface area contributed by atoms with Gasteiger partial charge in [0.2, 0.25) is 5.91 Å². The summed E-state index contributed by atoms with van der Waals surface area (Å²) in [5.74, 6) is 1.36. The SMILES string of the molecule is CN(CC(=O)N1CCCC1c1ccc2c(c1)OCCO2)Cc1cccc(F)c1. The number of carbonyl (C=O) groups is 1. The van der Waals surface area contributed by atoms with Crippen molar-refractivity contribution in [2.75, 3.05) is 33.4 Å². The molecule has 6 heteroatoms. The summed E-state index contributed by atoms with van der Waals surface area (Å²) >= 11 is 0. The van der Waals surface area contributed by atoms with Crippen molar-refractivity contribution in [3.8, 4) is 11.5 Å². The summed E-state index contributed by atoms with van der Waals surface area (Å²) in [5, 5.41) is 0. The van der Waals surface area contributed by atoms with Crippen LogP contribution in [0.25, 0.3) is 0 Å². The van der Waals surface area contributed by atoms with Crippen LogP contribution in [-0.4, -0.2) is 49.1 Å². The molecule has 4 rings (SSSR count). The molecule has 0 saturated carbocycles. The van der Waals surface area contributed by atoms with E-state index < -0.39 is 0 Å². The lowest BCUT2D eigenvalue weighted by molar-refractivity contribution is -0.133. The number of likely N-dealkylation sites (tertiary alicyclic amines) is 1. The van der Waals surface area contributed by atoms with Gasteiger partial charge in [-0.2, -0.15) is 0 Å². The standard InChI is InChI=1S/C22H25FN2O3/c1-24(14-16-4-2-5-18(23)12-16)15-22(26)25-9-3-6-19(25)17-7-8-20-21(13-17)28-11-10-27-20/h2,4-5,7-8,12-13,19H,3,6,9-11,14-15H2,1H3. The second kappa shape index (κ2) is 8.19. The molecule has 2 aromatic rings. The number of fused-ring (bicyclic) bond motifs is 1. The van der Waals surface area contributed by atoms with Crippen LogP contribution in [0.2, 0.25) is 0 Å². The van der Waals surface area contributed by atoms with Crippen molar-refractivity contribution < 1.29 is 18.7 Å². The number of carbonyl (C=O) groups excluding carboxylic acids is 1. The molecule has 148 valence electrons. The highest BCUT2D eigenvalue weighted by Crippen LogP contribution is 2.38. The average molecular weight is 384 g/mol. The lowest BCUT2D eigenvalue weighted by Gasteiger charge is -2.28. The summed E-state index contributed by atoms with van der Waals surface area (Å²) in [6.07, 6.45) is 1.93. The van der Waals surface area contributed by atoms with E-state index in [0.29, 0.717) is 26.3 Å². The van der Waals surface area contributed by atoms with Crippen molar-refractivity contribution in [2.45, 2.75) is 25.4 Å². The number of benzene rings is 2. The third-order valence-corrected chi connectivity index (χ3v) is 5.27. The summed E-state index contributed by atoms with van der Waals surface area (Å²) < 4.78 is 24.7. The lowest BCUT2D eigenvalue weighted by atomic mass is 10.0. The van der Waals surface area contributed by atoms with E-state index in [1.165, 1.54) is 12.1 Å². The minimum absolute atomic E-state index is 0.0610. The van der Waals surface area contributed by atoms with E-state index in [1.54, 1.807) is 6.07 Å². The number of amides is 1. The first-order valence-electron chi connectivity index (χ1n) is 9.72. The van der Waals surface area contributed by atoms with E-state index in [0.717, 1.165) is 42.0 Å². The van der Waals surface area contributed by atoms with E-state index in [1.807, 2.05) is 41.1 Å². The first-order chi connectivity index (χ1) is 13.6. The van der Waals surface area contributed by atoms with Crippen LogP contribution >= 0.6 is 0 Å². The van der Waals surface area contributed by atoms with Crippen LogP contribution in [0.4, 0.5) is 4.39 Å². The van der Waals surface area contributed by atoms with Gasteiger partial charge in [0, 0.05) is 13.1 Å². The van der Waals surface area contributed by atoms with Gasteiger partial charge < -0.3 is 14.4 Å². The Bertz CT molecular complexity index is 857. The zero-order chi connectivity index (χ0) is 19.5. The first kappa shape index (κ1) is 18.7. The molecule has 0 bridgehead atoms. The topological polar surface area (TPSA) is 42.0 Å². The van der Waals surface area contributed by atoms with Gasteiger partial charge in [0.15, 0.2) is 11.5 Å². The van der Waals surface area contributed by atoms with Gasteiger partial charge in [0.25, 0.3) is 0 Å². The Labute approximate surface area is 164 Å². The molecule has 1 fully saturated rings. The number of hydrogen-bond donors (Lipinski definition) is 0. The molecule has 0 aromatic heterocycles. The van der Waals surface area contributed by atoms with Gasteiger partial charge in [-0.3, -0.25) is 9.69 Å². The van der Waals surface area contributed by atoms with Gasteiger partial charge >= 0.3 is 0 Å². The van der Waals surface area contributed by atoms with Crippen molar-refractivity contribution in [1.82, 2.24) is 9.80 Å². The first-order valence-corrected chi connectivity index (χ1v) is 9.72. The van der Waals surface area contributed by atoms with E-state index >= 15 is 0 Å². The van der Waals surface area contributed by atoms with Crippen LogP contribution in [-0.2, 0) is 11.3 Å². The van der Waals surface area contributed by atoms with Crippen LogP contribution in [0.1, 0.15) is 30.0 Å². The summed E-state index contributed by atoms with van der Waals surface area (Å²) in [6.45, 7) is 2.71. The monoisotopic (exact) mass is 384 g/mol. The molecule has 1 amide bonds. The summed E-state index contributed by atoms with van der Waals surface area (Å²) in [5.41, 5.74) is 1.95. The fourth-order valence-electron chi connectivity index (χ4n) is 4.00. The molecule has 2 aromatic carbocycles. The van der Waals surface area contributed by atoms with Gasteiger partial charge in [-0.05, 0) is 55.3 Å². The number of nitrogens with zero attached hydrogens (tertiary/aromatic N) is 2. The maximum Gasteiger partial charge on any atom is 0.237 e. The number of rotatable bonds is 5. The molecular weight excluding hydrogens is 359 g/mol. The average Bonchev–Trinajstić information content (AvgIpc) is 3.17. The predicted octanol–water partition coefficient (Wildman–Crippen LogP) is 3.39. The molecule has 0 radical (unpaired) electrons. The Hall–Kier alpha value is -2.60. The fraction of sp³-hybridized carbons (Fsp3) is 0.409. The Morgan fingerprint density at radius 3 is 2.82 bits per heavy atom. The minimum atomic E-state index is -0.254. The molecule has 1 unspecified atom stereocenters. The van der Waals surface area contributed by atoms with Crippen molar-refractivity contribution in [3.63, 3.8) is 0 Å². The molecule has 0 N–H and O–H groups in total. The smallest absolute Gasteiger partial charge is 0.237 e. The fourth-order valence-corrected chi connectivity index (χ4v) is 4.00. The second-order valence-corrected chi connectivity index (χ2v) is 7.45. The molecule has 2 aliphatic rings. The molecule has 0 spiro atoms. The maximum atomic E-state index is 13.4. The summed E-state index contributed by atoms with van der Waals surface area (Å²) in [4.78, 5) is 16.8. The maximum absolute atomic E-state index is 13.4. The Morgan fingerprint density at radius 2 is 2.00 bits per heavy atom. The van der Waals surface area contributed by atoms with E-state index in [9.17, 15) is 9.18 Å². The highest BCUT2D eigenvalue weighted by atomic mass is 19.1. The van der Waals surface area contributed by atoms with Crippen LogP contribution < -0.4 is 9.47 Å². The lowest BCUT2D eigenvalue weighted by Crippen LogP contribution is -2.38. The molecule has 28 heavy (non-hydrogen) atoms. The summed E-state index contributed by atoms with van der Waals surface area (Å²) in [7, 11) is 1.89. The van der Waals surface area contributed by atoms with Crippen molar-refractivity contribution in [2.24, 2.45) is 0 Å². The second-order valence-electron chi connectivity index (χ2n) is 7.45. The normalized spacial score (nSPS) is 18.5. The predicted molar refractivity (Wildman–Crippen MR) is 104 cm³/mol. The zero-order valence-corrected chi connectivity index (χ0v) is 16.1. The van der Waals surface area contributed by atoms with Gasteiger partial charge in [-0.25, -0.2) is 4.39 Å². The third-order valence-electron chi connectivity index (χ3n) is 5.27. The Kier molecular flexibility index (Phi) is 5.48. The van der Waals surface area contributed by atoms with Crippen LogP contribution in [0.3, 0.4) is 0 Å². The van der Waals surface area contributed by atoms with Crippen molar-refractivity contribution in [3.05, 3.63) is 59.4 Å². The van der Waals surface area contributed by atoms with Gasteiger partial charge in [-0.15, -0.1) is 0 Å². The van der Waals surface area contributed by atoms with Crippen LogP contribution in [0, 0.1) is 5.82 Å². The van der Waals surface area contributed by atoms with Crippen molar-refractivity contribution >= 4 is 5.91 Å². The highest BCUT2D eigenvalue weighted by molar-refractivity contribution is 5.79. The quantitative estimate of drug-likeness (QED) is 0.793. The van der Waals surface area contributed by atoms with Gasteiger partial charge in [-0.1, -0.05) is 18.2 Å². The molecule has 5 nitrogen and oxygen atoms in total. The van der Waals surface area contributed by atoms with Crippen LogP contribution in [0.15, 0.2) is 42.5 Å². The number of ether oxygens (including phenoxy) is 2. The molecule has 0 aliphatic carbocycles. The summed E-state index contributed by atoms with van der Waals surface area (Å²) in [6, 6.07) is 12.5. The highest BCUT2D eigenvalue weighted by Gasteiger charge is 2.31. The molecule has 2 aliphatic heterocycles. The van der Waals surface area contributed by atoms with E-state index in [2.05, 4.69) is 0 Å². The molecule has 1 atom stereocenters. The van der Waals surface area contributed by atoms with Crippen LogP contribution in [0.5, 0.6) is 11.5 Å². The van der Waals surface area contributed by atoms with Gasteiger partial charge in [0.05, 0.1) is 12.6 Å². The molecule has 1 saturated heterocycles. The zero-order valence-electron chi connectivity index (χ0n) is 16.1. The van der Waals surface area contributed by atoms with Crippen molar-refractivity contribution in [1.29, 1.82) is 0 Å². The van der Waals surface area contributed by atoms with E-state index in [-0.39, 0.29) is 17.8 Å². The van der Waals surface area contributed by atoms with Gasteiger partial charge in [0.1, 0.15) is 19.0 Å². The molecule has 2 heterocycles. The largest absolute Gasteiger partial charge is 0.486 e. The number of likely N-dealkylation sites (N-methyl/N-ethyl adjacent to an activating group) is 1.